The maximum Gasteiger partial charge on any atom is 0.416 e. The van der Waals surface area contributed by atoms with Crippen LogP contribution < -0.4 is 0 Å². The number of benzene rings is 3. The third-order valence-corrected chi connectivity index (χ3v) is 8.75. The van der Waals surface area contributed by atoms with Crippen molar-refractivity contribution in [2.75, 3.05) is 7.11 Å². The van der Waals surface area contributed by atoms with Crippen LogP contribution in [0.5, 0.6) is 0 Å². The second kappa shape index (κ2) is 8.19. The first-order valence-electron chi connectivity index (χ1n) is 8.31. The summed E-state index contributed by atoms with van der Waals surface area (Å²) in [5.74, 6) is 0. The van der Waals surface area contributed by atoms with Crippen LogP contribution in [-0.4, -0.2) is 15.5 Å². The normalized spacial score (nSPS) is 13.2. The number of rotatable bonds is 6. The molecule has 0 heterocycles. The number of alkyl halides is 3. The van der Waals surface area contributed by atoms with E-state index in [0.29, 0.717) is 9.79 Å². The van der Waals surface area contributed by atoms with E-state index in [4.69, 9.17) is 3.63 Å². The van der Waals surface area contributed by atoms with Crippen molar-refractivity contribution >= 4 is 20.7 Å². The van der Waals surface area contributed by atoms with Gasteiger partial charge in [0, 0.05) is 14.7 Å². The van der Waals surface area contributed by atoms with Gasteiger partial charge in [-0.1, -0.05) is 36.4 Å². The molecule has 3 aromatic rings. The van der Waals surface area contributed by atoms with Crippen LogP contribution in [-0.2, 0) is 24.4 Å². The Morgan fingerprint density at radius 2 is 1.10 bits per heavy atom. The van der Waals surface area contributed by atoms with E-state index in [-0.39, 0.29) is 4.90 Å². The van der Waals surface area contributed by atoms with Crippen molar-refractivity contribution in [3.8, 4) is 0 Å². The molecule has 3 rings (SSSR count). The molecule has 0 aliphatic carbocycles. The summed E-state index contributed by atoms with van der Waals surface area (Å²) in [7, 11) is -6.43. The Balaban J connectivity index is 2.33. The molecule has 0 aliphatic heterocycles. The van der Waals surface area contributed by atoms with Crippen molar-refractivity contribution in [3.63, 3.8) is 0 Å². The molecular weight excluding hydrogens is 425 g/mol. The van der Waals surface area contributed by atoms with Crippen molar-refractivity contribution in [1.82, 2.24) is 0 Å². The Morgan fingerprint density at radius 1 is 0.690 bits per heavy atom. The Kier molecular flexibility index (Phi) is 6.04. The van der Waals surface area contributed by atoms with Gasteiger partial charge in [-0.15, -0.1) is 0 Å². The maximum atomic E-state index is 13.0. The van der Waals surface area contributed by atoms with Gasteiger partial charge in [-0.3, -0.25) is 4.18 Å². The zero-order valence-electron chi connectivity index (χ0n) is 15.2. The van der Waals surface area contributed by atoms with E-state index in [9.17, 15) is 21.6 Å². The third kappa shape index (κ3) is 4.48. The molecule has 0 aliphatic rings. The Morgan fingerprint density at radius 3 is 1.48 bits per heavy atom. The highest BCUT2D eigenvalue weighted by Crippen LogP contribution is 2.70. The van der Waals surface area contributed by atoms with Crippen LogP contribution in [0.4, 0.5) is 13.2 Å². The average Bonchev–Trinajstić information content (AvgIpc) is 2.73. The number of hydrogen-bond acceptors (Lipinski definition) is 4. The second-order valence-electron chi connectivity index (χ2n) is 5.85. The minimum Gasteiger partial charge on any atom is -0.251 e. The first-order valence-corrected chi connectivity index (χ1v) is 11.2. The van der Waals surface area contributed by atoms with Crippen LogP contribution in [0.3, 0.4) is 0 Å². The lowest BCUT2D eigenvalue weighted by molar-refractivity contribution is -0.137. The summed E-state index contributed by atoms with van der Waals surface area (Å²) >= 11 is 0. The summed E-state index contributed by atoms with van der Waals surface area (Å²) in [4.78, 5) is 1.27. The molecule has 9 heteroatoms. The van der Waals surface area contributed by atoms with Gasteiger partial charge in [-0.05, 0) is 58.8 Å². The lowest BCUT2D eigenvalue weighted by Crippen LogP contribution is -2.15. The second-order valence-corrected chi connectivity index (χ2v) is 10.1. The van der Waals surface area contributed by atoms with Gasteiger partial charge in [0.1, 0.15) is 0 Å². The minimum atomic E-state index is -4.52. The predicted octanol–water partition coefficient (Wildman–Crippen LogP) is 5.81. The molecule has 0 aromatic heterocycles. The maximum absolute atomic E-state index is 13.0. The molecule has 0 radical (unpaired) electrons. The molecule has 0 spiro atoms. The zero-order chi connectivity index (χ0) is 21.1. The van der Waals surface area contributed by atoms with Crippen molar-refractivity contribution in [1.29, 1.82) is 0 Å². The van der Waals surface area contributed by atoms with Crippen molar-refractivity contribution < 1.29 is 29.4 Å². The molecule has 0 atom stereocenters. The summed E-state index contributed by atoms with van der Waals surface area (Å²) in [6.45, 7) is 0. The summed E-state index contributed by atoms with van der Waals surface area (Å²) in [5, 5.41) is 0. The molecule has 3 aromatic carbocycles. The van der Waals surface area contributed by atoms with Crippen LogP contribution in [0.1, 0.15) is 5.56 Å². The van der Waals surface area contributed by atoms with Crippen molar-refractivity contribution in [2.45, 2.75) is 20.9 Å². The van der Waals surface area contributed by atoms with E-state index in [1.807, 2.05) is 0 Å². The van der Waals surface area contributed by atoms with Crippen molar-refractivity contribution in [2.24, 2.45) is 0 Å². The topological polar surface area (TPSA) is 52.6 Å². The first-order chi connectivity index (χ1) is 13.7. The third-order valence-electron chi connectivity index (χ3n) is 4.05. The molecular formula is C20H17F3O4S2. The highest BCUT2D eigenvalue weighted by molar-refractivity contribution is 8.32. The van der Waals surface area contributed by atoms with Gasteiger partial charge >= 0.3 is 16.6 Å². The molecule has 29 heavy (non-hydrogen) atoms. The SMILES string of the molecule is COS(=O)(=O)OS(c1ccccc1)(c1ccccc1)c1ccc(C(F)(F)F)cc1. The molecule has 0 bridgehead atoms. The van der Waals surface area contributed by atoms with Gasteiger partial charge in [0.15, 0.2) is 0 Å². The van der Waals surface area contributed by atoms with E-state index in [2.05, 4.69) is 4.18 Å². The van der Waals surface area contributed by atoms with E-state index in [1.54, 1.807) is 60.7 Å². The Bertz CT molecular complexity index is 1010. The lowest BCUT2D eigenvalue weighted by atomic mass is 10.2. The van der Waals surface area contributed by atoms with Crippen LogP contribution >= 0.6 is 10.3 Å². The van der Waals surface area contributed by atoms with Gasteiger partial charge in [0.2, 0.25) is 0 Å². The Labute approximate surface area is 168 Å². The van der Waals surface area contributed by atoms with Gasteiger partial charge in [-0.25, -0.2) is 0 Å². The fourth-order valence-corrected chi connectivity index (χ4v) is 7.32. The van der Waals surface area contributed by atoms with Crippen LogP contribution in [0.25, 0.3) is 0 Å². The summed E-state index contributed by atoms with van der Waals surface area (Å²) in [5.41, 5.74) is -0.842. The zero-order valence-corrected chi connectivity index (χ0v) is 16.8. The molecule has 0 saturated carbocycles. The van der Waals surface area contributed by atoms with Gasteiger partial charge in [0.05, 0.1) is 12.7 Å². The molecule has 0 fully saturated rings. The smallest absolute Gasteiger partial charge is 0.251 e. The fraction of sp³-hybridized carbons (Fsp3) is 0.100. The van der Waals surface area contributed by atoms with E-state index < -0.39 is 32.4 Å². The highest BCUT2D eigenvalue weighted by Gasteiger charge is 2.38. The molecule has 0 saturated heterocycles. The molecule has 0 unspecified atom stereocenters. The quantitative estimate of drug-likeness (QED) is 0.483. The largest absolute Gasteiger partial charge is 0.416 e. The van der Waals surface area contributed by atoms with E-state index in [0.717, 1.165) is 19.2 Å². The minimum absolute atomic E-state index is 0.281. The van der Waals surface area contributed by atoms with E-state index >= 15 is 0 Å². The summed E-state index contributed by atoms with van der Waals surface area (Å²) in [6, 6.07) is 21.3. The van der Waals surface area contributed by atoms with Crippen LogP contribution in [0.2, 0.25) is 0 Å². The standard InChI is InChI=1S/C20H17F3O4S2/c1-26-29(24,25)27-28(17-8-4-2-5-9-17,18-10-6-3-7-11-18)19-14-12-16(13-15-19)20(21,22)23/h2-15H,1H3. The molecule has 0 amide bonds. The highest BCUT2D eigenvalue weighted by atomic mass is 32.3. The summed E-state index contributed by atoms with van der Waals surface area (Å²) < 4.78 is 74.0. The van der Waals surface area contributed by atoms with Crippen LogP contribution in [0.15, 0.2) is 99.6 Å². The number of halogens is 3. The lowest BCUT2D eigenvalue weighted by Gasteiger charge is -2.38. The Hall–Kier alpha value is -2.33. The van der Waals surface area contributed by atoms with Crippen LogP contribution in [0, 0.1) is 0 Å². The monoisotopic (exact) mass is 442 g/mol. The van der Waals surface area contributed by atoms with E-state index in [1.165, 1.54) is 12.1 Å². The fourth-order valence-electron chi connectivity index (χ4n) is 2.74. The van der Waals surface area contributed by atoms with Gasteiger partial charge < -0.3 is 0 Å². The average molecular weight is 442 g/mol. The number of hydrogen-bond donors (Lipinski definition) is 0. The predicted molar refractivity (Wildman–Crippen MR) is 104 cm³/mol. The van der Waals surface area contributed by atoms with Crippen molar-refractivity contribution in [3.05, 3.63) is 90.5 Å². The first kappa shape index (κ1) is 21.4. The molecule has 154 valence electrons. The summed E-state index contributed by atoms with van der Waals surface area (Å²) in [6.07, 6.45) is -4.52. The van der Waals surface area contributed by atoms with Gasteiger partial charge in [0.25, 0.3) is 0 Å². The molecule has 4 nitrogen and oxygen atoms in total. The molecule has 0 N–H and O–H groups in total. The van der Waals surface area contributed by atoms with Gasteiger partial charge in [-0.2, -0.15) is 25.2 Å².